The zero-order chi connectivity index (χ0) is 18.9. The summed E-state index contributed by atoms with van der Waals surface area (Å²) in [5, 5.41) is 2.62. The van der Waals surface area contributed by atoms with Gasteiger partial charge in [0.05, 0.1) is 23.2 Å². The molecule has 2 heterocycles. The van der Waals surface area contributed by atoms with Crippen molar-refractivity contribution >= 4 is 33.1 Å². The van der Waals surface area contributed by atoms with Crippen LogP contribution < -0.4 is 10.2 Å². The Balaban J connectivity index is 1.83. The quantitative estimate of drug-likeness (QED) is 0.852. The molecule has 2 aliphatic rings. The molecule has 2 aliphatic heterocycles. The first-order valence-corrected chi connectivity index (χ1v) is 9.99. The predicted molar refractivity (Wildman–Crippen MR) is 93.9 cm³/mol. The molecule has 26 heavy (non-hydrogen) atoms. The summed E-state index contributed by atoms with van der Waals surface area (Å²) in [5.41, 5.74) is 1.30. The maximum Gasteiger partial charge on any atom is 0.414 e. The van der Waals surface area contributed by atoms with Crippen molar-refractivity contribution in [1.29, 1.82) is 0 Å². The molecule has 0 unspecified atom stereocenters. The van der Waals surface area contributed by atoms with E-state index in [9.17, 15) is 22.4 Å². The summed E-state index contributed by atoms with van der Waals surface area (Å²) in [4.78, 5) is 24.4. The van der Waals surface area contributed by atoms with Crippen LogP contribution in [0.25, 0.3) is 5.57 Å². The number of carbonyl (C=O) groups excluding carboxylic acids is 2. The van der Waals surface area contributed by atoms with Crippen molar-refractivity contribution in [3.63, 3.8) is 0 Å². The van der Waals surface area contributed by atoms with Crippen LogP contribution in [0.4, 0.5) is 14.9 Å². The second-order valence-corrected chi connectivity index (χ2v) is 8.52. The molecule has 1 saturated heterocycles. The van der Waals surface area contributed by atoms with Gasteiger partial charge in [0.1, 0.15) is 12.4 Å². The Kier molecular flexibility index (Phi) is 4.99. The summed E-state index contributed by atoms with van der Waals surface area (Å²) in [6.45, 7) is 1.67. The van der Waals surface area contributed by atoms with Gasteiger partial charge in [-0.2, -0.15) is 0 Å². The summed E-state index contributed by atoms with van der Waals surface area (Å²) in [5.74, 6) is -0.867. The van der Waals surface area contributed by atoms with Crippen LogP contribution >= 0.6 is 0 Å². The first kappa shape index (κ1) is 18.4. The van der Waals surface area contributed by atoms with Crippen molar-refractivity contribution < 1.29 is 27.1 Å². The molecule has 0 aromatic heterocycles. The van der Waals surface area contributed by atoms with Gasteiger partial charge >= 0.3 is 6.09 Å². The van der Waals surface area contributed by atoms with Gasteiger partial charge in [-0.1, -0.05) is 6.08 Å². The average molecular weight is 382 g/mol. The highest BCUT2D eigenvalue weighted by Gasteiger charge is 2.34. The second-order valence-electron chi connectivity index (χ2n) is 6.30. The van der Waals surface area contributed by atoms with Gasteiger partial charge in [-0.05, 0) is 30.2 Å². The van der Waals surface area contributed by atoms with Crippen LogP contribution in [0.1, 0.15) is 18.9 Å². The van der Waals surface area contributed by atoms with E-state index in [1.165, 1.54) is 30.0 Å². The van der Waals surface area contributed by atoms with E-state index < -0.39 is 27.8 Å². The molecule has 7 nitrogen and oxygen atoms in total. The molecule has 0 bridgehead atoms. The van der Waals surface area contributed by atoms with Gasteiger partial charge < -0.3 is 10.1 Å². The number of sulfone groups is 1. The van der Waals surface area contributed by atoms with Gasteiger partial charge in [-0.3, -0.25) is 9.69 Å². The number of halogens is 1. The number of hydrogen-bond donors (Lipinski definition) is 1. The van der Waals surface area contributed by atoms with Crippen molar-refractivity contribution in [3.05, 3.63) is 35.7 Å². The largest absolute Gasteiger partial charge is 0.447 e. The molecule has 0 saturated carbocycles. The normalized spacial score (nSPS) is 21.9. The number of nitrogens with one attached hydrogen (secondary N) is 1. The SMILES string of the molecule is CC(=O)NC[C@H]1COC(=O)N1c1ccc(C2=CCS(=O)(=O)CC2)c(F)c1. The summed E-state index contributed by atoms with van der Waals surface area (Å²) in [6.07, 6.45) is 1.19. The molecule has 0 aliphatic carbocycles. The fourth-order valence-electron chi connectivity index (χ4n) is 3.03. The van der Waals surface area contributed by atoms with Crippen LogP contribution in [0.15, 0.2) is 24.3 Å². The Bertz CT molecular complexity index is 881. The summed E-state index contributed by atoms with van der Waals surface area (Å²) in [7, 11) is -3.09. The molecule has 1 atom stereocenters. The number of ether oxygens (including phenoxy) is 1. The van der Waals surface area contributed by atoms with Crippen molar-refractivity contribution in [3.8, 4) is 0 Å². The molecule has 0 radical (unpaired) electrons. The maximum absolute atomic E-state index is 14.6. The number of anilines is 1. The molecular weight excluding hydrogens is 363 g/mol. The number of allylic oxidation sites excluding steroid dienone is 1. The lowest BCUT2D eigenvalue weighted by molar-refractivity contribution is -0.119. The number of benzene rings is 1. The third-order valence-corrected chi connectivity index (χ3v) is 5.89. The molecule has 140 valence electrons. The molecule has 3 rings (SSSR count). The van der Waals surface area contributed by atoms with Gasteiger partial charge in [0, 0.05) is 19.0 Å². The molecule has 0 spiro atoms. The second kappa shape index (κ2) is 7.06. The van der Waals surface area contributed by atoms with Crippen molar-refractivity contribution in [1.82, 2.24) is 5.32 Å². The first-order chi connectivity index (χ1) is 12.3. The summed E-state index contributed by atoms with van der Waals surface area (Å²) < 4.78 is 42.6. The molecule has 1 fully saturated rings. The van der Waals surface area contributed by atoms with Crippen LogP contribution in [-0.2, 0) is 19.4 Å². The fraction of sp³-hybridized carbons (Fsp3) is 0.412. The molecule has 1 aromatic carbocycles. The van der Waals surface area contributed by atoms with Crippen molar-refractivity contribution in [2.45, 2.75) is 19.4 Å². The van der Waals surface area contributed by atoms with Crippen LogP contribution in [0.2, 0.25) is 0 Å². The molecule has 1 aromatic rings. The smallest absolute Gasteiger partial charge is 0.414 e. The van der Waals surface area contributed by atoms with Gasteiger partial charge in [0.2, 0.25) is 5.91 Å². The monoisotopic (exact) mass is 382 g/mol. The van der Waals surface area contributed by atoms with E-state index in [2.05, 4.69) is 5.32 Å². The predicted octanol–water partition coefficient (Wildman–Crippen LogP) is 1.49. The lowest BCUT2D eigenvalue weighted by atomic mass is 10.0. The number of rotatable bonds is 4. The summed E-state index contributed by atoms with van der Waals surface area (Å²) >= 11 is 0. The highest BCUT2D eigenvalue weighted by Crippen LogP contribution is 2.30. The van der Waals surface area contributed by atoms with Crippen LogP contribution in [0, 0.1) is 5.82 Å². The Morgan fingerprint density at radius 3 is 2.81 bits per heavy atom. The number of nitrogens with zero attached hydrogens (tertiary/aromatic N) is 1. The minimum Gasteiger partial charge on any atom is -0.447 e. The highest BCUT2D eigenvalue weighted by atomic mass is 32.2. The molecular formula is C17H19FN2O5S. The first-order valence-electron chi connectivity index (χ1n) is 8.16. The van der Waals surface area contributed by atoms with E-state index in [1.54, 1.807) is 6.07 Å². The van der Waals surface area contributed by atoms with Crippen LogP contribution in [0.5, 0.6) is 0 Å². The summed E-state index contributed by atoms with van der Waals surface area (Å²) in [6, 6.07) is 3.94. The zero-order valence-electron chi connectivity index (χ0n) is 14.2. The fourth-order valence-corrected chi connectivity index (χ4v) is 4.18. The highest BCUT2D eigenvalue weighted by molar-refractivity contribution is 7.91. The van der Waals surface area contributed by atoms with Crippen molar-refractivity contribution in [2.24, 2.45) is 0 Å². The number of hydrogen-bond acceptors (Lipinski definition) is 5. The minimum atomic E-state index is -3.09. The third kappa shape index (κ3) is 3.87. The Labute approximate surface area is 150 Å². The molecule has 9 heteroatoms. The molecule has 1 N–H and O–H groups in total. The van der Waals surface area contributed by atoms with Crippen molar-refractivity contribution in [2.75, 3.05) is 29.6 Å². The van der Waals surface area contributed by atoms with E-state index in [4.69, 9.17) is 4.74 Å². The van der Waals surface area contributed by atoms with Gasteiger partial charge in [0.25, 0.3) is 0 Å². The lowest BCUT2D eigenvalue weighted by Gasteiger charge is -2.22. The van der Waals surface area contributed by atoms with Gasteiger partial charge in [-0.25, -0.2) is 17.6 Å². The minimum absolute atomic E-state index is 0.00271. The van der Waals surface area contributed by atoms with E-state index in [1.807, 2.05) is 0 Å². The number of amides is 2. The van der Waals surface area contributed by atoms with E-state index in [0.29, 0.717) is 16.8 Å². The zero-order valence-corrected chi connectivity index (χ0v) is 15.0. The van der Waals surface area contributed by atoms with Crippen LogP contribution in [0.3, 0.4) is 0 Å². The Morgan fingerprint density at radius 2 is 2.19 bits per heavy atom. The van der Waals surface area contributed by atoms with Gasteiger partial charge in [-0.15, -0.1) is 0 Å². The standard InChI is InChI=1S/C17H19FN2O5S/c1-11(21)19-9-14-10-25-17(22)20(14)13-2-3-15(16(18)8-13)12-4-6-26(23,24)7-5-12/h2-4,8,14H,5-7,9-10H2,1H3,(H,19,21)/t14-/m0/s1. The third-order valence-electron chi connectivity index (χ3n) is 4.39. The van der Waals surface area contributed by atoms with E-state index in [-0.39, 0.29) is 37.0 Å². The number of carbonyl (C=O) groups is 2. The average Bonchev–Trinajstić information content (AvgIpc) is 2.94. The van der Waals surface area contributed by atoms with E-state index >= 15 is 0 Å². The lowest BCUT2D eigenvalue weighted by Crippen LogP contribution is -2.42. The maximum atomic E-state index is 14.6. The Hall–Kier alpha value is -2.42. The Morgan fingerprint density at radius 1 is 1.42 bits per heavy atom. The van der Waals surface area contributed by atoms with Gasteiger partial charge in [0.15, 0.2) is 9.84 Å². The number of cyclic esters (lactones) is 1. The molecule has 2 amide bonds. The van der Waals surface area contributed by atoms with E-state index in [0.717, 1.165) is 0 Å². The van der Waals surface area contributed by atoms with Crippen LogP contribution in [-0.4, -0.2) is 51.1 Å². The topological polar surface area (TPSA) is 92.8 Å².